The molecule has 0 heterocycles. The number of phenolic OH excluding ortho intramolecular Hbond substituents is 1. The van der Waals surface area contributed by atoms with Crippen LogP contribution >= 0.6 is 0 Å². The predicted molar refractivity (Wildman–Crippen MR) is 157 cm³/mol. The molecular formula is C34H34O8. The van der Waals surface area contributed by atoms with E-state index in [1.54, 1.807) is 12.1 Å². The molecule has 0 saturated heterocycles. The SMILES string of the molecule is COC(=O)C(CC1=CC(OCc2ccccc2)C(OCc2ccccc2)C=C1)OC(=O)C=Cc1ccc(O)c(OC)c1. The van der Waals surface area contributed by atoms with Crippen LogP contribution in [0.3, 0.4) is 0 Å². The summed E-state index contributed by atoms with van der Waals surface area (Å²) in [4.78, 5) is 25.2. The standard InChI is InChI=1S/C34H34O8/c1-38-30-19-24(13-16-28(30)35)15-18-33(36)42-32(34(37)39-2)21-27-14-17-29(40-22-25-9-5-3-6-10-25)31(20-27)41-23-26-11-7-4-8-12-26/h3-20,29,31-32,35H,21-23H2,1-2H3. The molecule has 3 aromatic carbocycles. The first-order valence-electron chi connectivity index (χ1n) is 13.5. The normalized spacial score (nSPS) is 17.0. The van der Waals surface area contributed by atoms with Crippen LogP contribution in [0.2, 0.25) is 0 Å². The Kier molecular flexibility index (Phi) is 11.1. The monoisotopic (exact) mass is 570 g/mol. The lowest BCUT2D eigenvalue weighted by molar-refractivity contribution is -0.162. The maximum atomic E-state index is 12.6. The van der Waals surface area contributed by atoms with Gasteiger partial charge in [0.05, 0.1) is 27.4 Å². The molecule has 218 valence electrons. The number of hydrogen-bond donors (Lipinski definition) is 1. The first kappa shape index (κ1) is 30.3. The van der Waals surface area contributed by atoms with Crippen molar-refractivity contribution in [3.63, 3.8) is 0 Å². The van der Waals surface area contributed by atoms with Gasteiger partial charge in [0.2, 0.25) is 6.10 Å². The quantitative estimate of drug-likeness (QED) is 0.211. The van der Waals surface area contributed by atoms with Crippen molar-refractivity contribution in [2.45, 2.75) is 37.9 Å². The fourth-order valence-electron chi connectivity index (χ4n) is 4.31. The number of rotatable bonds is 13. The summed E-state index contributed by atoms with van der Waals surface area (Å²) >= 11 is 0. The van der Waals surface area contributed by atoms with E-state index in [1.165, 1.54) is 32.4 Å². The Labute approximate surface area is 245 Å². The number of hydrogen-bond acceptors (Lipinski definition) is 8. The van der Waals surface area contributed by atoms with Crippen molar-refractivity contribution in [3.05, 3.63) is 125 Å². The van der Waals surface area contributed by atoms with Crippen LogP contribution in [-0.4, -0.2) is 49.6 Å². The molecule has 1 aliphatic carbocycles. The minimum atomic E-state index is -1.17. The van der Waals surface area contributed by atoms with Crippen molar-refractivity contribution in [3.8, 4) is 11.5 Å². The van der Waals surface area contributed by atoms with E-state index >= 15 is 0 Å². The highest BCUT2D eigenvalue weighted by Gasteiger charge is 2.28. The van der Waals surface area contributed by atoms with E-state index < -0.39 is 24.1 Å². The van der Waals surface area contributed by atoms with Gasteiger partial charge in [-0.2, -0.15) is 0 Å². The van der Waals surface area contributed by atoms with Crippen LogP contribution in [0.1, 0.15) is 23.1 Å². The van der Waals surface area contributed by atoms with Crippen molar-refractivity contribution >= 4 is 18.0 Å². The Bertz CT molecular complexity index is 1410. The lowest BCUT2D eigenvalue weighted by Crippen LogP contribution is -2.32. The molecule has 0 bridgehead atoms. The van der Waals surface area contributed by atoms with Crippen LogP contribution in [0.4, 0.5) is 0 Å². The van der Waals surface area contributed by atoms with Gasteiger partial charge in [0.15, 0.2) is 11.5 Å². The molecule has 3 atom stereocenters. The number of ether oxygens (including phenoxy) is 5. The number of carbonyl (C=O) groups is 2. The van der Waals surface area contributed by atoms with Gasteiger partial charge in [-0.25, -0.2) is 9.59 Å². The number of phenols is 1. The zero-order valence-electron chi connectivity index (χ0n) is 23.6. The first-order chi connectivity index (χ1) is 20.4. The lowest BCUT2D eigenvalue weighted by atomic mass is 9.97. The van der Waals surface area contributed by atoms with E-state index in [-0.39, 0.29) is 24.0 Å². The fourth-order valence-corrected chi connectivity index (χ4v) is 4.31. The highest BCUT2D eigenvalue weighted by molar-refractivity contribution is 5.89. The molecule has 0 aliphatic heterocycles. The van der Waals surface area contributed by atoms with Crippen molar-refractivity contribution in [2.24, 2.45) is 0 Å². The van der Waals surface area contributed by atoms with E-state index in [1.807, 2.05) is 78.9 Å². The average molecular weight is 571 g/mol. The lowest BCUT2D eigenvalue weighted by Gasteiger charge is -2.27. The van der Waals surface area contributed by atoms with E-state index in [0.29, 0.717) is 18.8 Å². The molecule has 3 aromatic rings. The van der Waals surface area contributed by atoms with Gasteiger partial charge in [-0.15, -0.1) is 0 Å². The van der Waals surface area contributed by atoms with Crippen LogP contribution in [0.25, 0.3) is 6.08 Å². The summed E-state index contributed by atoms with van der Waals surface area (Å²) in [5.41, 5.74) is 3.40. The second-order valence-electron chi connectivity index (χ2n) is 9.54. The minimum absolute atomic E-state index is 0.0180. The molecule has 8 nitrogen and oxygen atoms in total. The van der Waals surface area contributed by atoms with Gasteiger partial charge < -0.3 is 28.8 Å². The topological polar surface area (TPSA) is 101 Å². The summed E-state index contributed by atoms with van der Waals surface area (Å²) in [6, 6.07) is 24.3. The predicted octanol–water partition coefficient (Wildman–Crippen LogP) is 5.56. The summed E-state index contributed by atoms with van der Waals surface area (Å²) in [5.74, 6) is -1.15. The maximum absolute atomic E-state index is 12.6. The number of carbonyl (C=O) groups excluding carboxylic acids is 2. The zero-order valence-corrected chi connectivity index (χ0v) is 23.6. The van der Waals surface area contributed by atoms with E-state index in [0.717, 1.165) is 16.7 Å². The molecule has 4 rings (SSSR count). The minimum Gasteiger partial charge on any atom is -0.504 e. The van der Waals surface area contributed by atoms with Gasteiger partial charge in [0, 0.05) is 12.5 Å². The van der Waals surface area contributed by atoms with Gasteiger partial charge in [-0.05, 0) is 46.5 Å². The zero-order chi connectivity index (χ0) is 29.7. The van der Waals surface area contributed by atoms with Gasteiger partial charge in [-0.1, -0.05) is 78.9 Å². The molecule has 8 heteroatoms. The number of aromatic hydroxyl groups is 1. The van der Waals surface area contributed by atoms with Crippen LogP contribution in [0.15, 0.2) is 109 Å². The summed E-state index contributed by atoms with van der Waals surface area (Å²) in [7, 11) is 2.67. The van der Waals surface area contributed by atoms with Crippen LogP contribution in [0.5, 0.6) is 11.5 Å². The van der Waals surface area contributed by atoms with E-state index in [2.05, 4.69) is 0 Å². The molecule has 42 heavy (non-hydrogen) atoms. The summed E-state index contributed by atoms with van der Waals surface area (Å²) in [5, 5.41) is 9.76. The fraction of sp³-hybridized carbons (Fsp3) is 0.235. The third-order valence-corrected chi connectivity index (χ3v) is 6.53. The Morgan fingerprint density at radius 1 is 0.881 bits per heavy atom. The molecule has 0 saturated carbocycles. The Balaban J connectivity index is 1.44. The van der Waals surface area contributed by atoms with Gasteiger partial charge >= 0.3 is 11.9 Å². The second kappa shape index (κ2) is 15.4. The molecule has 0 spiro atoms. The number of allylic oxidation sites excluding steroid dienone is 1. The first-order valence-corrected chi connectivity index (χ1v) is 13.5. The molecule has 0 amide bonds. The maximum Gasteiger partial charge on any atom is 0.347 e. The number of esters is 2. The smallest absolute Gasteiger partial charge is 0.347 e. The third-order valence-electron chi connectivity index (χ3n) is 6.53. The molecule has 0 fully saturated rings. The van der Waals surface area contributed by atoms with E-state index in [4.69, 9.17) is 23.7 Å². The molecule has 1 aliphatic rings. The molecule has 0 radical (unpaired) electrons. The Morgan fingerprint density at radius 2 is 1.52 bits per heavy atom. The van der Waals surface area contributed by atoms with Crippen LogP contribution < -0.4 is 4.74 Å². The number of methoxy groups -OCH3 is 2. The van der Waals surface area contributed by atoms with Crippen LogP contribution in [0, 0.1) is 0 Å². The van der Waals surface area contributed by atoms with Crippen molar-refractivity contribution in [2.75, 3.05) is 14.2 Å². The molecule has 3 unspecified atom stereocenters. The highest BCUT2D eigenvalue weighted by Crippen LogP contribution is 2.27. The summed E-state index contributed by atoms with van der Waals surface area (Å²) in [6.07, 6.45) is 6.45. The average Bonchev–Trinajstić information content (AvgIpc) is 3.03. The number of benzene rings is 3. The van der Waals surface area contributed by atoms with Gasteiger partial charge in [-0.3, -0.25) is 0 Å². The highest BCUT2D eigenvalue weighted by atomic mass is 16.6. The molecular weight excluding hydrogens is 536 g/mol. The van der Waals surface area contributed by atoms with Crippen molar-refractivity contribution < 1.29 is 38.4 Å². The third kappa shape index (κ3) is 8.92. The van der Waals surface area contributed by atoms with Crippen molar-refractivity contribution in [1.29, 1.82) is 0 Å². The molecule has 0 aromatic heterocycles. The Hall–Kier alpha value is -4.66. The van der Waals surface area contributed by atoms with Gasteiger partial charge in [0.1, 0.15) is 12.2 Å². The summed E-state index contributed by atoms with van der Waals surface area (Å²) < 4.78 is 27.9. The molecule has 1 N–H and O–H groups in total. The summed E-state index contributed by atoms with van der Waals surface area (Å²) in [6.45, 7) is 0.780. The van der Waals surface area contributed by atoms with Gasteiger partial charge in [0.25, 0.3) is 0 Å². The van der Waals surface area contributed by atoms with Crippen molar-refractivity contribution in [1.82, 2.24) is 0 Å². The Morgan fingerprint density at radius 3 is 2.14 bits per heavy atom. The van der Waals surface area contributed by atoms with Crippen LogP contribution in [-0.2, 0) is 41.8 Å². The second-order valence-corrected chi connectivity index (χ2v) is 9.54. The van der Waals surface area contributed by atoms with E-state index in [9.17, 15) is 14.7 Å². The largest absolute Gasteiger partial charge is 0.504 e.